The number of aromatic nitrogens is 2. The number of carboxylic acids is 1. The van der Waals surface area contributed by atoms with Crippen LogP contribution in [0, 0.1) is 0 Å². The number of carboxylic acid groups (broad SMARTS) is 1. The van der Waals surface area contributed by atoms with Crippen molar-refractivity contribution in [2.45, 2.75) is 19.5 Å². The molecule has 1 aliphatic heterocycles. The number of benzene rings is 1. The first-order chi connectivity index (χ1) is 12.9. The Bertz CT molecular complexity index is 847. The molecular weight excluding hydrogens is 391 g/mol. The molecule has 1 saturated heterocycles. The largest absolute Gasteiger partial charge is 0.477 e. The summed E-state index contributed by atoms with van der Waals surface area (Å²) in [5.41, 5.74) is 1.00. The Morgan fingerprint density at radius 1 is 1.19 bits per heavy atom. The van der Waals surface area contributed by atoms with Crippen LogP contribution in [0.5, 0.6) is 0 Å². The number of piperazine rings is 1. The van der Waals surface area contributed by atoms with Crippen LogP contribution in [-0.2, 0) is 11.3 Å². The molecule has 0 aliphatic carbocycles. The zero-order valence-electron chi connectivity index (χ0n) is 14.8. The normalized spacial score (nSPS) is 16.3. The lowest BCUT2D eigenvalue weighted by Crippen LogP contribution is -2.50. The molecule has 1 fully saturated rings. The predicted octanol–water partition coefficient (Wildman–Crippen LogP) is 2.79. The van der Waals surface area contributed by atoms with Gasteiger partial charge < -0.3 is 10.0 Å². The van der Waals surface area contributed by atoms with Gasteiger partial charge >= 0.3 is 5.97 Å². The highest BCUT2D eigenvalue weighted by Crippen LogP contribution is 2.23. The van der Waals surface area contributed by atoms with Crippen LogP contribution < -0.4 is 0 Å². The van der Waals surface area contributed by atoms with Crippen LogP contribution in [0.4, 0.5) is 0 Å². The lowest BCUT2D eigenvalue weighted by molar-refractivity contribution is -0.136. The van der Waals surface area contributed by atoms with Crippen LogP contribution in [0.15, 0.2) is 30.5 Å². The molecule has 0 bridgehead atoms. The van der Waals surface area contributed by atoms with E-state index in [1.165, 1.54) is 16.9 Å². The summed E-state index contributed by atoms with van der Waals surface area (Å²) in [6.07, 6.45) is 1.39. The van der Waals surface area contributed by atoms with Crippen LogP contribution in [0.25, 0.3) is 0 Å². The summed E-state index contributed by atoms with van der Waals surface area (Å²) >= 11 is 12.2. The smallest absolute Gasteiger partial charge is 0.354 e. The van der Waals surface area contributed by atoms with Gasteiger partial charge in [-0.05, 0) is 30.7 Å². The Hall–Kier alpha value is -2.09. The summed E-state index contributed by atoms with van der Waals surface area (Å²) in [6.45, 7) is 4.91. The van der Waals surface area contributed by atoms with Gasteiger partial charge in [0.15, 0.2) is 0 Å². The van der Waals surface area contributed by atoms with Crippen molar-refractivity contribution < 1.29 is 14.7 Å². The molecule has 1 N–H and O–H groups in total. The second-order valence-electron chi connectivity index (χ2n) is 6.48. The Balaban J connectivity index is 1.59. The number of carbonyl (C=O) groups is 2. The van der Waals surface area contributed by atoms with E-state index in [1.54, 1.807) is 17.9 Å². The molecule has 1 atom stereocenters. The molecule has 9 heteroatoms. The van der Waals surface area contributed by atoms with Crippen molar-refractivity contribution >= 4 is 35.1 Å². The van der Waals surface area contributed by atoms with Gasteiger partial charge in [-0.2, -0.15) is 5.10 Å². The molecular formula is C18H20Cl2N4O3. The maximum atomic E-state index is 12.7. The van der Waals surface area contributed by atoms with Crippen molar-refractivity contribution in [1.82, 2.24) is 19.6 Å². The van der Waals surface area contributed by atoms with Gasteiger partial charge in [-0.15, -0.1) is 0 Å². The number of halogens is 2. The summed E-state index contributed by atoms with van der Waals surface area (Å²) in [6, 6.07) is 6.18. The summed E-state index contributed by atoms with van der Waals surface area (Å²) in [5, 5.41) is 14.4. The average molecular weight is 411 g/mol. The SMILES string of the molecule is CC(C(=O)N1CCN(Cc2ccc(Cl)cc2Cl)CC1)n1nccc1C(=O)O. The Morgan fingerprint density at radius 2 is 1.89 bits per heavy atom. The van der Waals surface area contributed by atoms with Gasteiger partial charge in [0.2, 0.25) is 5.91 Å². The summed E-state index contributed by atoms with van der Waals surface area (Å²) in [5.74, 6) is -1.23. The molecule has 0 saturated carbocycles. The first-order valence-electron chi connectivity index (χ1n) is 8.58. The van der Waals surface area contributed by atoms with E-state index in [1.807, 2.05) is 12.1 Å². The van der Waals surface area contributed by atoms with Gasteiger partial charge in [-0.3, -0.25) is 9.69 Å². The fourth-order valence-corrected chi connectivity index (χ4v) is 3.65. The van der Waals surface area contributed by atoms with Gasteiger partial charge in [0.25, 0.3) is 0 Å². The molecule has 0 radical (unpaired) electrons. The second-order valence-corrected chi connectivity index (χ2v) is 7.32. The second kappa shape index (κ2) is 8.29. The van der Waals surface area contributed by atoms with Gasteiger partial charge in [-0.1, -0.05) is 29.3 Å². The minimum Gasteiger partial charge on any atom is -0.477 e. The van der Waals surface area contributed by atoms with Crippen LogP contribution in [0.2, 0.25) is 10.0 Å². The number of hydrogen-bond donors (Lipinski definition) is 1. The van der Waals surface area contributed by atoms with Crippen LogP contribution in [0.1, 0.15) is 29.0 Å². The fraction of sp³-hybridized carbons (Fsp3) is 0.389. The summed E-state index contributed by atoms with van der Waals surface area (Å²) in [4.78, 5) is 28.0. The summed E-state index contributed by atoms with van der Waals surface area (Å²) < 4.78 is 1.25. The van der Waals surface area contributed by atoms with E-state index in [2.05, 4.69) is 10.00 Å². The van der Waals surface area contributed by atoms with Gasteiger partial charge in [-0.25, -0.2) is 9.48 Å². The highest BCUT2D eigenvalue weighted by atomic mass is 35.5. The Morgan fingerprint density at radius 3 is 2.52 bits per heavy atom. The first kappa shape index (κ1) is 19.7. The van der Waals surface area contributed by atoms with E-state index in [0.29, 0.717) is 42.8 Å². The van der Waals surface area contributed by atoms with Crippen molar-refractivity contribution in [3.8, 4) is 0 Å². The zero-order chi connectivity index (χ0) is 19.6. The van der Waals surface area contributed by atoms with Gasteiger partial charge in [0, 0.05) is 49.0 Å². The molecule has 2 heterocycles. The quantitative estimate of drug-likeness (QED) is 0.819. The van der Waals surface area contributed by atoms with Crippen molar-refractivity contribution in [3.05, 3.63) is 51.8 Å². The molecule has 3 rings (SSSR count). The van der Waals surface area contributed by atoms with E-state index in [-0.39, 0.29) is 11.6 Å². The van der Waals surface area contributed by atoms with Crippen molar-refractivity contribution in [1.29, 1.82) is 0 Å². The topological polar surface area (TPSA) is 78.7 Å². The number of rotatable bonds is 5. The van der Waals surface area contributed by atoms with Gasteiger partial charge in [0.05, 0.1) is 0 Å². The zero-order valence-corrected chi connectivity index (χ0v) is 16.3. The Labute approximate surface area is 167 Å². The third kappa shape index (κ3) is 4.43. The number of aromatic carboxylic acids is 1. The van der Waals surface area contributed by atoms with Crippen LogP contribution in [0.3, 0.4) is 0 Å². The maximum Gasteiger partial charge on any atom is 0.354 e. The highest BCUT2D eigenvalue weighted by molar-refractivity contribution is 6.35. The lowest BCUT2D eigenvalue weighted by Gasteiger charge is -2.36. The lowest BCUT2D eigenvalue weighted by atomic mass is 10.2. The Kier molecular flexibility index (Phi) is 6.04. The molecule has 1 aromatic carbocycles. The monoisotopic (exact) mass is 410 g/mol. The molecule has 27 heavy (non-hydrogen) atoms. The van der Waals surface area contributed by atoms with Crippen LogP contribution >= 0.6 is 23.2 Å². The molecule has 1 unspecified atom stereocenters. The van der Waals surface area contributed by atoms with E-state index in [0.717, 1.165) is 5.56 Å². The maximum absolute atomic E-state index is 12.7. The van der Waals surface area contributed by atoms with Gasteiger partial charge in [0.1, 0.15) is 11.7 Å². The van der Waals surface area contributed by atoms with E-state index >= 15 is 0 Å². The number of nitrogens with zero attached hydrogens (tertiary/aromatic N) is 4. The molecule has 7 nitrogen and oxygen atoms in total. The van der Waals surface area contributed by atoms with Crippen molar-refractivity contribution in [3.63, 3.8) is 0 Å². The molecule has 1 amide bonds. The standard InChI is InChI=1S/C18H20Cl2N4O3/c1-12(24-16(18(26)27)4-5-21-24)17(25)23-8-6-22(7-9-23)11-13-2-3-14(19)10-15(13)20/h2-5,10,12H,6-9,11H2,1H3,(H,26,27). The summed E-state index contributed by atoms with van der Waals surface area (Å²) in [7, 11) is 0. The van der Waals surface area contributed by atoms with Crippen molar-refractivity contribution in [2.24, 2.45) is 0 Å². The van der Waals surface area contributed by atoms with Crippen molar-refractivity contribution in [2.75, 3.05) is 26.2 Å². The molecule has 1 aromatic heterocycles. The number of hydrogen-bond acceptors (Lipinski definition) is 4. The fourth-order valence-electron chi connectivity index (χ4n) is 3.18. The predicted molar refractivity (Wildman–Crippen MR) is 102 cm³/mol. The molecule has 144 valence electrons. The first-order valence-corrected chi connectivity index (χ1v) is 9.34. The minimum atomic E-state index is -1.10. The van der Waals surface area contributed by atoms with E-state index < -0.39 is 12.0 Å². The minimum absolute atomic E-state index is 0.00636. The highest BCUT2D eigenvalue weighted by Gasteiger charge is 2.28. The number of carbonyl (C=O) groups excluding carboxylic acids is 1. The number of amides is 1. The third-order valence-corrected chi connectivity index (χ3v) is 5.29. The van der Waals surface area contributed by atoms with E-state index in [9.17, 15) is 14.7 Å². The average Bonchev–Trinajstić information content (AvgIpc) is 3.13. The third-order valence-electron chi connectivity index (χ3n) is 4.71. The van der Waals surface area contributed by atoms with Crippen LogP contribution in [-0.4, -0.2) is 62.7 Å². The molecule has 0 spiro atoms. The molecule has 1 aliphatic rings. The van der Waals surface area contributed by atoms with E-state index in [4.69, 9.17) is 23.2 Å². The molecule has 2 aromatic rings.